The average molecular weight is 411 g/mol. The number of nitrogens with one attached hydrogen (secondary N) is 1. The minimum Gasteiger partial charge on any atom is -0.354 e. The van der Waals surface area contributed by atoms with Crippen molar-refractivity contribution in [3.8, 4) is 0 Å². The number of nitrogens with zero attached hydrogens (tertiary/aromatic N) is 6. The summed E-state index contributed by atoms with van der Waals surface area (Å²) in [6.07, 6.45) is 5.16. The Morgan fingerprint density at radius 2 is 2.17 bits per heavy atom. The van der Waals surface area contributed by atoms with Gasteiger partial charge in [-0.25, -0.2) is 9.97 Å². The van der Waals surface area contributed by atoms with E-state index in [4.69, 9.17) is 0 Å². The van der Waals surface area contributed by atoms with Gasteiger partial charge in [0.05, 0.1) is 11.7 Å². The highest BCUT2D eigenvalue weighted by Gasteiger charge is 2.38. The summed E-state index contributed by atoms with van der Waals surface area (Å²) < 4.78 is 1.45. The summed E-state index contributed by atoms with van der Waals surface area (Å²) in [5.41, 5.74) is 0.951. The molecule has 9 nitrogen and oxygen atoms in total. The molecule has 1 fully saturated rings. The highest BCUT2D eigenvalue weighted by Crippen LogP contribution is 2.38. The second-order valence-corrected chi connectivity index (χ2v) is 8.19. The molecule has 10 heteroatoms. The van der Waals surface area contributed by atoms with E-state index >= 15 is 0 Å². The highest BCUT2D eigenvalue weighted by atomic mass is 32.1. The van der Waals surface area contributed by atoms with Crippen molar-refractivity contribution in [3.05, 3.63) is 33.8 Å². The average Bonchev–Trinajstić information content (AvgIpc) is 3.33. The molecule has 3 aromatic rings. The summed E-state index contributed by atoms with van der Waals surface area (Å²) in [7, 11) is 1.68. The Morgan fingerprint density at radius 1 is 1.31 bits per heavy atom. The van der Waals surface area contributed by atoms with Crippen molar-refractivity contribution >= 4 is 44.9 Å². The third kappa shape index (κ3) is 2.78. The molecule has 2 aliphatic rings. The Labute approximate surface area is 171 Å². The molecule has 3 aromatic heterocycles. The van der Waals surface area contributed by atoms with Crippen molar-refractivity contribution < 1.29 is 4.79 Å². The molecule has 1 N–H and O–H groups in total. The quantitative estimate of drug-likeness (QED) is 0.702. The standard InChI is InChI=1S/C19H21N7O2S/c1-3-20-19-21-7-12-15(23-19)25-6-4-5-11(25)8-26(17(12)28)18-14-13(9-29-18)16(27)24(2)10-22-14/h7,9-11H,3-6,8H2,1-2H3,(H,20,21,23)/t11-/m0/s1. The number of thiophene rings is 1. The predicted molar refractivity (Wildman–Crippen MR) is 113 cm³/mol. The number of carbonyl (C=O) groups excluding carboxylic acids is 1. The minimum atomic E-state index is -0.149. The van der Waals surface area contributed by atoms with Gasteiger partial charge in [-0.15, -0.1) is 11.3 Å². The Balaban J connectivity index is 1.65. The lowest BCUT2D eigenvalue weighted by Crippen LogP contribution is -2.39. The van der Waals surface area contributed by atoms with Crippen LogP contribution in [0, 0.1) is 0 Å². The molecule has 0 spiro atoms. The minimum absolute atomic E-state index is 0.110. The number of rotatable bonds is 3. The highest BCUT2D eigenvalue weighted by molar-refractivity contribution is 7.16. The van der Waals surface area contributed by atoms with Gasteiger partial charge in [0.1, 0.15) is 21.9 Å². The fourth-order valence-electron chi connectivity index (χ4n) is 4.10. The van der Waals surface area contributed by atoms with Gasteiger partial charge in [0.2, 0.25) is 5.95 Å². The zero-order valence-electron chi connectivity index (χ0n) is 16.3. The Kier molecular flexibility index (Phi) is 4.23. The molecule has 0 saturated carbocycles. The van der Waals surface area contributed by atoms with Crippen molar-refractivity contribution in [2.45, 2.75) is 25.8 Å². The number of anilines is 3. The first kappa shape index (κ1) is 18.0. The molecule has 1 amide bonds. The maximum atomic E-state index is 13.5. The summed E-state index contributed by atoms with van der Waals surface area (Å²) in [6, 6.07) is 0.174. The smallest absolute Gasteiger partial charge is 0.264 e. The van der Waals surface area contributed by atoms with E-state index < -0.39 is 0 Å². The van der Waals surface area contributed by atoms with E-state index in [1.54, 1.807) is 23.5 Å². The molecule has 0 bridgehead atoms. The van der Waals surface area contributed by atoms with Gasteiger partial charge < -0.3 is 14.8 Å². The molecule has 5 heterocycles. The normalized spacial score (nSPS) is 18.7. The van der Waals surface area contributed by atoms with Gasteiger partial charge in [-0.05, 0) is 19.8 Å². The number of aryl methyl sites for hydroxylation is 1. The van der Waals surface area contributed by atoms with Crippen molar-refractivity contribution in [1.82, 2.24) is 19.5 Å². The maximum Gasteiger partial charge on any atom is 0.264 e. The lowest BCUT2D eigenvalue weighted by molar-refractivity contribution is 0.0989. The molecule has 5 rings (SSSR count). The van der Waals surface area contributed by atoms with Crippen LogP contribution in [0.5, 0.6) is 0 Å². The number of fused-ring (bicyclic) bond motifs is 4. The molecule has 0 unspecified atom stereocenters. The first-order chi connectivity index (χ1) is 14.1. The summed E-state index contributed by atoms with van der Waals surface area (Å²) in [5.74, 6) is 1.07. The summed E-state index contributed by atoms with van der Waals surface area (Å²) in [6.45, 7) is 4.10. The van der Waals surface area contributed by atoms with Gasteiger partial charge in [-0.2, -0.15) is 4.98 Å². The zero-order valence-corrected chi connectivity index (χ0v) is 17.1. The first-order valence-corrected chi connectivity index (χ1v) is 10.6. The van der Waals surface area contributed by atoms with Crippen LogP contribution in [0.25, 0.3) is 10.9 Å². The van der Waals surface area contributed by atoms with Crippen LogP contribution in [-0.2, 0) is 7.05 Å². The lowest BCUT2D eigenvalue weighted by Gasteiger charge is -2.26. The summed E-state index contributed by atoms with van der Waals surface area (Å²) >= 11 is 1.38. The van der Waals surface area contributed by atoms with E-state index in [0.29, 0.717) is 46.3 Å². The van der Waals surface area contributed by atoms with Gasteiger partial charge in [0.15, 0.2) is 0 Å². The van der Waals surface area contributed by atoms with Gasteiger partial charge in [0, 0.05) is 44.3 Å². The predicted octanol–water partition coefficient (Wildman–Crippen LogP) is 1.85. The van der Waals surface area contributed by atoms with Crippen molar-refractivity contribution in [1.29, 1.82) is 0 Å². The lowest BCUT2D eigenvalue weighted by atomic mass is 10.2. The fourth-order valence-corrected chi connectivity index (χ4v) is 5.10. The molecule has 1 saturated heterocycles. The van der Waals surface area contributed by atoms with Crippen LogP contribution >= 0.6 is 11.3 Å². The number of aromatic nitrogens is 4. The molecule has 150 valence electrons. The van der Waals surface area contributed by atoms with Crippen molar-refractivity contribution in [3.63, 3.8) is 0 Å². The number of hydrogen-bond acceptors (Lipinski definition) is 8. The van der Waals surface area contributed by atoms with E-state index in [-0.39, 0.29) is 17.5 Å². The zero-order chi connectivity index (χ0) is 20.1. The number of amides is 1. The van der Waals surface area contributed by atoms with Gasteiger partial charge in [0.25, 0.3) is 11.5 Å². The Hall–Kier alpha value is -3.01. The molecule has 0 aromatic carbocycles. The second kappa shape index (κ2) is 6.80. The molecule has 0 radical (unpaired) electrons. The van der Waals surface area contributed by atoms with E-state index in [1.807, 2.05) is 6.92 Å². The maximum absolute atomic E-state index is 13.5. The van der Waals surface area contributed by atoms with Gasteiger partial charge in [-0.1, -0.05) is 0 Å². The summed E-state index contributed by atoms with van der Waals surface area (Å²) in [4.78, 5) is 43.4. The van der Waals surface area contributed by atoms with E-state index in [1.165, 1.54) is 22.2 Å². The van der Waals surface area contributed by atoms with Crippen molar-refractivity contribution in [2.75, 3.05) is 34.8 Å². The largest absolute Gasteiger partial charge is 0.354 e. The first-order valence-electron chi connectivity index (χ1n) is 9.70. The van der Waals surface area contributed by atoms with Crippen LogP contribution in [0.4, 0.5) is 16.8 Å². The van der Waals surface area contributed by atoms with Crippen LogP contribution in [0.2, 0.25) is 0 Å². The monoisotopic (exact) mass is 411 g/mol. The second-order valence-electron chi connectivity index (χ2n) is 7.33. The van der Waals surface area contributed by atoms with Crippen LogP contribution in [-0.4, -0.2) is 51.1 Å². The van der Waals surface area contributed by atoms with E-state index in [2.05, 4.69) is 25.2 Å². The summed E-state index contributed by atoms with van der Waals surface area (Å²) in [5, 5.41) is 6.16. The van der Waals surface area contributed by atoms with Crippen molar-refractivity contribution in [2.24, 2.45) is 7.05 Å². The third-order valence-electron chi connectivity index (χ3n) is 5.52. The number of carbonyl (C=O) groups is 1. The molecular formula is C19H21N7O2S. The molecule has 0 aliphatic carbocycles. The van der Waals surface area contributed by atoms with Gasteiger partial charge >= 0.3 is 0 Å². The fraction of sp³-hybridized carbons (Fsp3) is 0.421. The van der Waals surface area contributed by atoms with Crippen LogP contribution in [0.3, 0.4) is 0 Å². The van der Waals surface area contributed by atoms with E-state index in [0.717, 1.165) is 19.4 Å². The van der Waals surface area contributed by atoms with Crippen LogP contribution < -0.4 is 20.7 Å². The third-order valence-corrected chi connectivity index (χ3v) is 6.51. The molecular weight excluding hydrogens is 390 g/mol. The van der Waals surface area contributed by atoms with Crippen LogP contribution in [0.1, 0.15) is 30.1 Å². The van der Waals surface area contributed by atoms with Gasteiger partial charge in [-0.3, -0.25) is 14.5 Å². The topological polar surface area (TPSA) is 96.2 Å². The molecule has 2 aliphatic heterocycles. The van der Waals surface area contributed by atoms with Crippen LogP contribution in [0.15, 0.2) is 22.7 Å². The Morgan fingerprint density at radius 3 is 3.00 bits per heavy atom. The molecule has 29 heavy (non-hydrogen) atoms. The number of hydrogen-bond donors (Lipinski definition) is 1. The SMILES string of the molecule is CCNc1ncc2c(n1)N1CCC[C@H]1CN(c1scc3c(=O)n(C)cnc13)C2=O. The molecule has 1 atom stereocenters. The Bertz CT molecular complexity index is 1170. The van der Waals surface area contributed by atoms with E-state index in [9.17, 15) is 9.59 Å².